The SMILES string of the molecule is C=CC(C)=N/C=C(\C)CCC(CC)=NC(=C)C. The van der Waals surface area contributed by atoms with Crippen LogP contribution >= 0.6 is 0 Å². The molecule has 0 aromatic rings. The van der Waals surface area contributed by atoms with E-state index in [1.54, 1.807) is 6.08 Å². The van der Waals surface area contributed by atoms with Crippen molar-refractivity contribution >= 4 is 11.4 Å². The maximum Gasteiger partial charge on any atom is 0.0366 e. The van der Waals surface area contributed by atoms with Gasteiger partial charge in [-0.1, -0.05) is 25.7 Å². The van der Waals surface area contributed by atoms with E-state index in [9.17, 15) is 0 Å². The average molecular weight is 232 g/mol. The van der Waals surface area contributed by atoms with Crippen LogP contribution < -0.4 is 0 Å². The zero-order valence-corrected chi connectivity index (χ0v) is 11.6. The van der Waals surface area contributed by atoms with Gasteiger partial charge in [0, 0.05) is 23.3 Å². The van der Waals surface area contributed by atoms with Gasteiger partial charge in [-0.15, -0.1) is 0 Å². The van der Waals surface area contributed by atoms with E-state index in [0.29, 0.717) is 0 Å². The predicted octanol–water partition coefficient (Wildman–Crippen LogP) is 4.70. The van der Waals surface area contributed by atoms with Crippen LogP contribution in [0, 0.1) is 0 Å². The Morgan fingerprint density at radius 1 is 1.18 bits per heavy atom. The Hall–Kier alpha value is -1.44. The average Bonchev–Trinajstić information content (AvgIpc) is 2.30. The van der Waals surface area contributed by atoms with Gasteiger partial charge in [-0.3, -0.25) is 9.98 Å². The lowest BCUT2D eigenvalue weighted by atomic mass is 10.1. The second-order valence-electron chi connectivity index (χ2n) is 4.22. The molecule has 0 aromatic heterocycles. The van der Waals surface area contributed by atoms with E-state index in [-0.39, 0.29) is 0 Å². The first-order valence-electron chi connectivity index (χ1n) is 6.04. The molecule has 0 saturated heterocycles. The van der Waals surface area contributed by atoms with Crippen LogP contribution in [0.25, 0.3) is 0 Å². The highest BCUT2D eigenvalue weighted by molar-refractivity contribution is 5.92. The Labute approximate surface area is 106 Å². The molecule has 0 atom stereocenters. The topological polar surface area (TPSA) is 24.7 Å². The van der Waals surface area contributed by atoms with Gasteiger partial charge < -0.3 is 0 Å². The Kier molecular flexibility index (Phi) is 7.95. The van der Waals surface area contributed by atoms with Crippen LogP contribution in [0.1, 0.15) is 47.0 Å². The predicted molar refractivity (Wildman–Crippen MR) is 78.8 cm³/mol. The number of allylic oxidation sites excluding steroid dienone is 3. The monoisotopic (exact) mass is 232 g/mol. The molecule has 0 aliphatic heterocycles. The minimum Gasteiger partial charge on any atom is -0.263 e. The van der Waals surface area contributed by atoms with E-state index in [1.807, 2.05) is 20.0 Å². The molecule has 17 heavy (non-hydrogen) atoms. The molecule has 0 aliphatic carbocycles. The van der Waals surface area contributed by atoms with Crippen molar-refractivity contribution in [2.24, 2.45) is 9.98 Å². The number of aliphatic imine (C=N–C) groups is 2. The Balaban J connectivity index is 4.36. The summed E-state index contributed by atoms with van der Waals surface area (Å²) in [5.41, 5.74) is 4.28. The normalized spacial score (nSPS) is 13.8. The van der Waals surface area contributed by atoms with Crippen LogP contribution in [0.15, 0.2) is 46.7 Å². The third-order valence-electron chi connectivity index (χ3n) is 2.35. The molecule has 0 heterocycles. The smallest absolute Gasteiger partial charge is 0.0366 e. The highest BCUT2D eigenvalue weighted by atomic mass is 14.7. The summed E-state index contributed by atoms with van der Waals surface area (Å²) in [7, 11) is 0. The Bertz CT molecular complexity index is 357. The molecule has 0 aliphatic rings. The van der Waals surface area contributed by atoms with Crippen LogP contribution in [-0.4, -0.2) is 11.4 Å². The summed E-state index contributed by atoms with van der Waals surface area (Å²) in [5.74, 6) is 0. The van der Waals surface area contributed by atoms with Gasteiger partial charge in [0.25, 0.3) is 0 Å². The van der Waals surface area contributed by atoms with Crippen LogP contribution in [0.2, 0.25) is 0 Å². The van der Waals surface area contributed by atoms with E-state index < -0.39 is 0 Å². The van der Waals surface area contributed by atoms with Gasteiger partial charge in [0.15, 0.2) is 0 Å². The molecule has 2 heteroatoms. The van der Waals surface area contributed by atoms with Crippen molar-refractivity contribution in [3.63, 3.8) is 0 Å². The fourth-order valence-electron chi connectivity index (χ4n) is 1.25. The Morgan fingerprint density at radius 3 is 2.29 bits per heavy atom. The van der Waals surface area contributed by atoms with E-state index >= 15 is 0 Å². The number of hydrogen-bond acceptors (Lipinski definition) is 2. The first-order chi connectivity index (χ1) is 7.99. The molecule has 0 aromatic carbocycles. The van der Waals surface area contributed by atoms with Crippen LogP contribution in [0.5, 0.6) is 0 Å². The second-order valence-corrected chi connectivity index (χ2v) is 4.22. The lowest BCUT2D eigenvalue weighted by molar-refractivity contribution is 0.972. The van der Waals surface area contributed by atoms with Crippen molar-refractivity contribution < 1.29 is 0 Å². The molecular formula is C15H24N2. The third kappa shape index (κ3) is 8.38. The van der Waals surface area contributed by atoms with Crippen molar-refractivity contribution in [3.05, 3.63) is 36.7 Å². The molecular weight excluding hydrogens is 208 g/mol. The summed E-state index contributed by atoms with van der Waals surface area (Å²) in [6.07, 6.45) is 6.62. The zero-order valence-electron chi connectivity index (χ0n) is 11.6. The van der Waals surface area contributed by atoms with E-state index in [0.717, 1.165) is 30.7 Å². The minimum atomic E-state index is 0.879. The van der Waals surface area contributed by atoms with Crippen LogP contribution in [-0.2, 0) is 0 Å². The molecule has 0 radical (unpaired) electrons. The highest BCUT2D eigenvalue weighted by Gasteiger charge is 1.98. The number of rotatable bonds is 7. The third-order valence-corrected chi connectivity index (χ3v) is 2.35. The van der Waals surface area contributed by atoms with Gasteiger partial charge in [0.1, 0.15) is 0 Å². The standard InChI is InChI=1S/C15H24N2/c1-7-14(6)16-11-13(5)9-10-15(8-2)17-12(3)4/h7,11H,1,3,8-10H2,2,4-6H3/b13-11+,16-14?,17-15?. The maximum absolute atomic E-state index is 4.42. The van der Waals surface area contributed by atoms with Gasteiger partial charge in [-0.05, 0) is 46.1 Å². The van der Waals surface area contributed by atoms with Crippen molar-refractivity contribution in [2.75, 3.05) is 0 Å². The number of nitrogens with zero attached hydrogens (tertiary/aromatic N) is 2. The first kappa shape index (κ1) is 15.6. The fraction of sp³-hybridized carbons (Fsp3) is 0.467. The first-order valence-corrected chi connectivity index (χ1v) is 6.04. The second kappa shape index (κ2) is 8.68. The van der Waals surface area contributed by atoms with E-state index in [4.69, 9.17) is 0 Å². The molecule has 0 bridgehead atoms. The zero-order chi connectivity index (χ0) is 13.3. The van der Waals surface area contributed by atoms with E-state index in [1.165, 1.54) is 11.3 Å². The molecule has 0 amide bonds. The summed E-state index contributed by atoms with van der Waals surface area (Å²) in [6.45, 7) is 15.6. The van der Waals surface area contributed by atoms with Crippen molar-refractivity contribution in [2.45, 2.75) is 47.0 Å². The van der Waals surface area contributed by atoms with Crippen LogP contribution in [0.4, 0.5) is 0 Å². The van der Waals surface area contributed by atoms with Gasteiger partial charge >= 0.3 is 0 Å². The van der Waals surface area contributed by atoms with Gasteiger partial charge in [0.05, 0.1) is 0 Å². The largest absolute Gasteiger partial charge is 0.263 e. The lowest BCUT2D eigenvalue weighted by Crippen LogP contribution is -1.97. The van der Waals surface area contributed by atoms with Gasteiger partial charge in [0.2, 0.25) is 0 Å². The molecule has 0 saturated carbocycles. The molecule has 0 unspecified atom stereocenters. The fourth-order valence-corrected chi connectivity index (χ4v) is 1.25. The summed E-state index contributed by atoms with van der Waals surface area (Å²) < 4.78 is 0. The molecule has 2 nitrogen and oxygen atoms in total. The minimum absolute atomic E-state index is 0.879. The molecule has 94 valence electrons. The quantitative estimate of drug-likeness (QED) is 0.568. The van der Waals surface area contributed by atoms with Crippen molar-refractivity contribution in [3.8, 4) is 0 Å². The highest BCUT2D eigenvalue weighted by Crippen LogP contribution is 2.09. The van der Waals surface area contributed by atoms with Crippen molar-refractivity contribution in [1.29, 1.82) is 0 Å². The van der Waals surface area contributed by atoms with Gasteiger partial charge in [-0.2, -0.15) is 0 Å². The summed E-state index contributed by atoms with van der Waals surface area (Å²) >= 11 is 0. The van der Waals surface area contributed by atoms with Crippen LogP contribution in [0.3, 0.4) is 0 Å². The van der Waals surface area contributed by atoms with E-state index in [2.05, 4.69) is 37.0 Å². The molecule has 0 N–H and O–H groups in total. The van der Waals surface area contributed by atoms with Gasteiger partial charge in [-0.25, -0.2) is 0 Å². The maximum atomic E-state index is 4.42. The summed E-state index contributed by atoms with van der Waals surface area (Å²) in [6, 6.07) is 0. The lowest BCUT2D eigenvalue weighted by Gasteiger charge is -2.04. The summed E-state index contributed by atoms with van der Waals surface area (Å²) in [4.78, 5) is 8.71. The summed E-state index contributed by atoms with van der Waals surface area (Å²) in [5, 5.41) is 0. The van der Waals surface area contributed by atoms with Crippen molar-refractivity contribution in [1.82, 2.24) is 0 Å². The molecule has 0 rings (SSSR count). The molecule has 0 fully saturated rings. The number of hydrogen-bond donors (Lipinski definition) is 0. The molecule has 0 spiro atoms. The Morgan fingerprint density at radius 2 is 1.82 bits per heavy atom.